The van der Waals surface area contributed by atoms with Crippen LogP contribution in [0.3, 0.4) is 0 Å². The van der Waals surface area contributed by atoms with Gasteiger partial charge in [0.25, 0.3) is 0 Å². The fourth-order valence-corrected chi connectivity index (χ4v) is 9.05. The van der Waals surface area contributed by atoms with Crippen molar-refractivity contribution in [1.82, 2.24) is 4.57 Å². The largest absolute Gasteiger partial charge is 0.456 e. The third-order valence-corrected chi connectivity index (χ3v) is 11.0. The minimum atomic E-state index is -0.618. The number of hydrogen-bond donors (Lipinski definition) is 0. The van der Waals surface area contributed by atoms with Gasteiger partial charge in [-0.2, -0.15) is 0 Å². The average Bonchev–Trinajstić information content (AvgIpc) is 3.86. The van der Waals surface area contributed by atoms with Crippen molar-refractivity contribution >= 4 is 60.8 Å². The second kappa shape index (κ2) is 11.1. The number of hydrogen-bond acceptors (Lipinski definition) is 2. The Kier molecular flexibility index (Phi) is 6.17. The standard InChI is InChI=1S/C49H32N2O/c1-3-17-33(18-4-1)49(39-25-11-7-21-35(39)36-22-8-12-26-40(36)49)51-41-27-13-9-23-37(41)47-42(28-15-30-44(47)51)50(34-19-5-2-6-20-34)43-29-16-32-46-48(43)38-24-10-14-31-45(38)52-46/h1-32H. The minimum Gasteiger partial charge on any atom is -0.456 e. The van der Waals surface area contributed by atoms with Gasteiger partial charge in [0.2, 0.25) is 0 Å². The molecular formula is C49H32N2O. The smallest absolute Gasteiger partial charge is 0.137 e. The van der Waals surface area contributed by atoms with Gasteiger partial charge in [0.1, 0.15) is 16.7 Å². The van der Waals surface area contributed by atoms with Crippen molar-refractivity contribution in [3.8, 4) is 11.1 Å². The van der Waals surface area contributed by atoms with Crippen molar-refractivity contribution in [3.63, 3.8) is 0 Å². The highest BCUT2D eigenvalue weighted by Gasteiger charge is 2.47. The Morgan fingerprint density at radius 1 is 0.404 bits per heavy atom. The van der Waals surface area contributed by atoms with Crippen LogP contribution in [0.5, 0.6) is 0 Å². The molecule has 8 aromatic carbocycles. The maximum absolute atomic E-state index is 6.44. The summed E-state index contributed by atoms with van der Waals surface area (Å²) in [4.78, 5) is 2.43. The molecule has 0 unspecified atom stereocenters. The molecule has 0 amide bonds. The van der Waals surface area contributed by atoms with Crippen molar-refractivity contribution in [3.05, 3.63) is 211 Å². The van der Waals surface area contributed by atoms with Crippen molar-refractivity contribution in [2.45, 2.75) is 5.54 Å². The molecule has 0 aliphatic heterocycles. The van der Waals surface area contributed by atoms with E-state index in [1.807, 2.05) is 6.07 Å². The zero-order chi connectivity index (χ0) is 34.2. The van der Waals surface area contributed by atoms with Gasteiger partial charge in [-0.3, -0.25) is 0 Å². The van der Waals surface area contributed by atoms with E-state index in [-0.39, 0.29) is 0 Å². The number of anilines is 3. The molecule has 0 spiro atoms. The highest BCUT2D eigenvalue weighted by Crippen LogP contribution is 2.57. The van der Waals surface area contributed by atoms with E-state index in [4.69, 9.17) is 4.42 Å². The number of nitrogens with zero attached hydrogens (tertiary/aromatic N) is 2. The first-order valence-electron chi connectivity index (χ1n) is 17.9. The van der Waals surface area contributed by atoms with Gasteiger partial charge in [-0.25, -0.2) is 0 Å². The van der Waals surface area contributed by atoms with Gasteiger partial charge in [0.05, 0.1) is 27.8 Å². The molecule has 3 nitrogen and oxygen atoms in total. The highest BCUT2D eigenvalue weighted by atomic mass is 16.3. The first kappa shape index (κ1) is 28.9. The van der Waals surface area contributed by atoms with Crippen LogP contribution in [0.2, 0.25) is 0 Å². The molecule has 2 heterocycles. The summed E-state index contributed by atoms with van der Waals surface area (Å²) in [5, 5.41) is 4.60. The summed E-state index contributed by atoms with van der Waals surface area (Å²) >= 11 is 0. The van der Waals surface area contributed by atoms with E-state index < -0.39 is 5.54 Å². The molecule has 0 saturated carbocycles. The zero-order valence-corrected chi connectivity index (χ0v) is 28.3. The van der Waals surface area contributed by atoms with Gasteiger partial charge in [0.15, 0.2) is 0 Å². The normalized spacial score (nSPS) is 13.2. The molecule has 0 saturated heterocycles. The summed E-state index contributed by atoms with van der Waals surface area (Å²) in [7, 11) is 0. The third-order valence-electron chi connectivity index (χ3n) is 11.0. The summed E-state index contributed by atoms with van der Waals surface area (Å²) in [5.74, 6) is 0. The van der Waals surface area contributed by atoms with Crippen LogP contribution >= 0.6 is 0 Å². The summed E-state index contributed by atoms with van der Waals surface area (Å²) in [6.07, 6.45) is 0. The van der Waals surface area contributed by atoms with E-state index in [0.29, 0.717) is 0 Å². The predicted octanol–water partition coefficient (Wildman–Crippen LogP) is 13.0. The summed E-state index contributed by atoms with van der Waals surface area (Å²) in [6, 6.07) is 70.2. The van der Waals surface area contributed by atoms with Gasteiger partial charge in [0, 0.05) is 21.8 Å². The van der Waals surface area contributed by atoms with E-state index in [1.165, 1.54) is 49.6 Å². The van der Waals surface area contributed by atoms with Crippen LogP contribution < -0.4 is 4.90 Å². The fourth-order valence-electron chi connectivity index (χ4n) is 9.05. The number of rotatable bonds is 5. The molecule has 1 aliphatic carbocycles. The summed E-state index contributed by atoms with van der Waals surface area (Å²) in [5.41, 5.74) is 13.1. The molecular weight excluding hydrogens is 633 g/mol. The number of fused-ring (bicyclic) bond motifs is 9. The zero-order valence-electron chi connectivity index (χ0n) is 28.3. The quantitative estimate of drug-likeness (QED) is 0.183. The fraction of sp³-hybridized carbons (Fsp3) is 0.0204. The Hall–Kier alpha value is -6.84. The maximum Gasteiger partial charge on any atom is 0.137 e. The van der Waals surface area contributed by atoms with Gasteiger partial charge in [-0.1, -0.05) is 146 Å². The van der Waals surface area contributed by atoms with Gasteiger partial charge < -0.3 is 13.9 Å². The second-order valence-corrected chi connectivity index (χ2v) is 13.6. The molecule has 2 aromatic heterocycles. The number of benzene rings is 8. The minimum absolute atomic E-state index is 0.618. The lowest BCUT2D eigenvalue weighted by Gasteiger charge is -2.36. The average molecular weight is 665 g/mol. The number of para-hydroxylation sites is 3. The Bertz CT molecular complexity index is 2930. The van der Waals surface area contributed by atoms with Crippen molar-refractivity contribution in [2.75, 3.05) is 4.90 Å². The van der Waals surface area contributed by atoms with Crippen LogP contribution in [0, 0.1) is 0 Å². The molecule has 0 bridgehead atoms. The van der Waals surface area contributed by atoms with Crippen molar-refractivity contribution < 1.29 is 4.42 Å². The molecule has 0 atom stereocenters. The van der Waals surface area contributed by atoms with E-state index >= 15 is 0 Å². The molecule has 11 rings (SSSR count). The van der Waals surface area contributed by atoms with Crippen LogP contribution in [0.15, 0.2) is 199 Å². The Balaban J connectivity index is 1.31. The van der Waals surface area contributed by atoms with Crippen LogP contribution in [0.25, 0.3) is 54.9 Å². The Morgan fingerprint density at radius 2 is 0.942 bits per heavy atom. The summed E-state index contributed by atoms with van der Waals surface area (Å²) in [6.45, 7) is 0. The second-order valence-electron chi connectivity index (χ2n) is 13.6. The van der Waals surface area contributed by atoms with Crippen LogP contribution in [-0.2, 0) is 5.54 Å². The maximum atomic E-state index is 6.44. The predicted molar refractivity (Wildman–Crippen MR) is 215 cm³/mol. The molecule has 0 fully saturated rings. The lowest BCUT2D eigenvalue weighted by molar-refractivity contribution is 0.564. The number of furan rings is 1. The van der Waals surface area contributed by atoms with Crippen molar-refractivity contribution in [2.24, 2.45) is 0 Å². The highest BCUT2D eigenvalue weighted by molar-refractivity contribution is 6.19. The molecule has 0 N–H and O–H groups in total. The number of aromatic nitrogens is 1. The first-order chi connectivity index (χ1) is 25.8. The van der Waals surface area contributed by atoms with Crippen LogP contribution in [-0.4, -0.2) is 4.57 Å². The van der Waals surface area contributed by atoms with Crippen molar-refractivity contribution in [1.29, 1.82) is 0 Å². The molecule has 1 aliphatic rings. The van der Waals surface area contributed by atoms with E-state index in [2.05, 4.69) is 198 Å². The monoisotopic (exact) mass is 664 g/mol. The Morgan fingerprint density at radius 3 is 1.69 bits per heavy atom. The van der Waals surface area contributed by atoms with E-state index in [0.717, 1.165) is 39.0 Å². The lowest BCUT2D eigenvalue weighted by Crippen LogP contribution is -2.35. The lowest BCUT2D eigenvalue weighted by atomic mass is 9.80. The summed E-state index contributed by atoms with van der Waals surface area (Å²) < 4.78 is 9.07. The van der Waals surface area contributed by atoms with Gasteiger partial charge >= 0.3 is 0 Å². The first-order valence-corrected chi connectivity index (χ1v) is 17.9. The molecule has 3 heteroatoms. The van der Waals surface area contributed by atoms with Gasteiger partial charge in [-0.05, 0) is 76.3 Å². The molecule has 10 aromatic rings. The molecule has 244 valence electrons. The van der Waals surface area contributed by atoms with Gasteiger partial charge in [-0.15, -0.1) is 0 Å². The SMILES string of the molecule is c1ccc(N(c2cccc3oc4ccccc4c23)c2cccc3c2c2ccccc2n3C2(c3ccccc3)c3ccccc3-c3ccccc32)cc1. The molecule has 0 radical (unpaired) electrons. The topological polar surface area (TPSA) is 21.3 Å². The van der Waals surface area contributed by atoms with E-state index in [1.54, 1.807) is 0 Å². The van der Waals surface area contributed by atoms with E-state index in [9.17, 15) is 0 Å². The van der Waals surface area contributed by atoms with Crippen LogP contribution in [0.4, 0.5) is 17.1 Å². The molecule has 52 heavy (non-hydrogen) atoms. The van der Waals surface area contributed by atoms with Crippen LogP contribution in [0.1, 0.15) is 16.7 Å². The third kappa shape index (κ3) is 3.85. The Labute approximate surface area is 301 Å².